The van der Waals surface area contributed by atoms with E-state index in [1.807, 2.05) is 13.0 Å². The third kappa shape index (κ3) is 5.45. The van der Waals surface area contributed by atoms with Crippen molar-refractivity contribution in [2.24, 2.45) is 10.7 Å². The number of anilines is 3. The van der Waals surface area contributed by atoms with Gasteiger partial charge in [-0.2, -0.15) is 10.3 Å². The highest BCUT2D eigenvalue weighted by Crippen LogP contribution is 2.46. The Kier molecular flexibility index (Phi) is 8.09. The lowest BCUT2D eigenvalue weighted by Crippen LogP contribution is -2.45. The summed E-state index contributed by atoms with van der Waals surface area (Å²) in [7, 11) is 0. The number of rotatable bonds is 5. The van der Waals surface area contributed by atoms with Crippen LogP contribution in [0, 0.1) is 11.3 Å². The summed E-state index contributed by atoms with van der Waals surface area (Å²) in [6.07, 6.45) is 4.02. The molecule has 1 aliphatic carbocycles. The molecule has 2 aromatic heterocycles. The maximum Gasteiger partial charge on any atom is 0.258 e. The number of nitrogen functional groups attached to an aromatic ring is 1. The fourth-order valence-electron chi connectivity index (χ4n) is 7.03. The van der Waals surface area contributed by atoms with Gasteiger partial charge in [0, 0.05) is 80.6 Å². The van der Waals surface area contributed by atoms with Crippen molar-refractivity contribution in [3.8, 4) is 6.07 Å². The summed E-state index contributed by atoms with van der Waals surface area (Å²) in [6.45, 7) is 8.36. The minimum absolute atomic E-state index is 0.0780. The summed E-state index contributed by atoms with van der Waals surface area (Å²) < 4.78 is 13.8. The van der Waals surface area contributed by atoms with Crippen LogP contribution in [0.25, 0.3) is 0 Å². The van der Waals surface area contributed by atoms with Crippen molar-refractivity contribution in [2.75, 3.05) is 67.9 Å². The fourth-order valence-corrected chi connectivity index (χ4v) is 8.23. The number of nitrogens with one attached hydrogen (secondary N) is 1. The minimum atomic E-state index is -0.966. The summed E-state index contributed by atoms with van der Waals surface area (Å²) in [5, 5.41) is 13.6. The van der Waals surface area contributed by atoms with Gasteiger partial charge in [-0.15, -0.1) is 11.3 Å². The van der Waals surface area contributed by atoms with Crippen molar-refractivity contribution >= 4 is 39.6 Å². The molecule has 0 spiro atoms. The Hall–Kier alpha value is -3.27. The second-order valence-electron chi connectivity index (χ2n) is 12.1. The number of hydrogen-bond acceptors (Lipinski definition) is 9. The van der Waals surface area contributed by atoms with Gasteiger partial charge in [-0.1, -0.05) is 0 Å². The maximum absolute atomic E-state index is 13.8. The van der Waals surface area contributed by atoms with E-state index in [4.69, 9.17) is 16.5 Å². The number of halogens is 1. The summed E-state index contributed by atoms with van der Waals surface area (Å²) in [4.78, 5) is 31.0. The van der Waals surface area contributed by atoms with Crippen LogP contribution in [-0.4, -0.2) is 86.2 Å². The average Bonchev–Trinajstić information content (AvgIpc) is 3.60. The number of carbonyl (C=O) groups excluding carboxylic acids is 1. The third-order valence-electron chi connectivity index (χ3n) is 9.45. The summed E-state index contributed by atoms with van der Waals surface area (Å²) in [5.74, 6) is 0.524. The van der Waals surface area contributed by atoms with Crippen LogP contribution in [0.2, 0.25) is 0 Å². The molecule has 2 atom stereocenters. The molecule has 2 unspecified atom stereocenters. The monoisotopic (exact) mass is 593 g/mol. The molecule has 3 aliphatic heterocycles. The van der Waals surface area contributed by atoms with Gasteiger partial charge in [-0.05, 0) is 51.5 Å². The molecule has 0 aromatic carbocycles. The molecule has 42 heavy (non-hydrogen) atoms. The number of nitriles is 1. The zero-order valence-electron chi connectivity index (χ0n) is 24.2. The number of pyridine rings is 1. The number of likely N-dealkylation sites (tertiary alicyclic amines) is 1. The smallest absolute Gasteiger partial charge is 0.258 e. The molecule has 1 amide bonds. The van der Waals surface area contributed by atoms with Crippen molar-refractivity contribution in [1.29, 1.82) is 5.26 Å². The average molecular weight is 594 g/mol. The van der Waals surface area contributed by atoms with E-state index in [2.05, 4.69) is 37.1 Å². The van der Waals surface area contributed by atoms with Crippen LogP contribution >= 0.6 is 11.3 Å². The number of piperidine rings is 1. The molecule has 224 valence electrons. The molecule has 5 heterocycles. The Morgan fingerprint density at radius 3 is 2.64 bits per heavy atom. The van der Waals surface area contributed by atoms with Crippen LogP contribution in [-0.2, 0) is 16.6 Å². The van der Waals surface area contributed by atoms with Crippen molar-refractivity contribution in [3.05, 3.63) is 33.8 Å². The van der Waals surface area contributed by atoms with E-state index in [0.29, 0.717) is 47.3 Å². The van der Waals surface area contributed by atoms with Crippen LogP contribution < -0.4 is 26.6 Å². The predicted octanol–water partition coefficient (Wildman–Crippen LogP) is 2.55. The number of thiophene rings is 1. The van der Waals surface area contributed by atoms with E-state index < -0.39 is 11.6 Å². The zero-order valence-corrected chi connectivity index (χ0v) is 25.1. The number of aliphatic imine (C=N–C) groups is 1. The van der Waals surface area contributed by atoms with Crippen LogP contribution in [0.15, 0.2) is 17.1 Å². The quantitative estimate of drug-likeness (QED) is 0.352. The molecule has 12 heteroatoms. The molecule has 3 saturated heterocycles. The number of hydrogen-bond donors (Lipinski definition) is 3. The van der Waals surface area contributed by atoms with E-state index >= 15 is 0 Å². The second kappa shape index (κ2) is 11.8. The van der Waals surface area contributed by atoms with E-state index in [1.54, 1.807) is 0 Å². The number of aryl methyl sites for hydroxylation is 1. The molecule has 10 nitrogen and oxygen atoms in total. The predicted molar refractivity (Wildman–Crippen MR) is 165 cm³/mol. The van der Waals surface area contributed by atoms with E-state index in [0.717, 1.165) is 87.9 Å². The van der Waals surface area contributed by atoms with Gasteiger partial charge >= 0.3 is 0 Å². The number of alkyl halides is 1. The third-order valence-corrected chi connectivity index (χ3v) is 10.5. The Bertz CT molecular complexity index is 1410. The van der Waals surface area contributed by atoms with Crippen LogP contribution in [0.1, 0.15) is 60.7 Å². The van der Waals surface area contributed by atoms with Gasteiger partial charge in [-0.3, -0.25) is 9.69 Å². The normalized spacial score (nSPS) is 25.8. The molecule has 4 aliphatic rings. The second-order valence-corrected chi connectivity index (χ2v) is 13.3. The lowest BCUT2D eigenvalue weighted by Gasteiger charge is -2.38. The van der Waals surface area contributed by atoms with Gasteiger partial charge in [-0.25, -0.2) is 9.37 Å². The topological polar surface area (TPSA) is 140 Å². The maximum atomic E-state index is 13.8. The largest absolute Gasteiger partial charge is 0.389 e. The fraction of sp³-hybridized carbons (Fsp3) is 0.600. The van der Waals surface area contributed by atoms with E-state index in [-0.39, 0.29) is 11.7 Å². The van der Waals surface area contributed by atoms with Crippen LogP contribution in [0.3, 0.4) is 0 Å². The van der Waals surface area contributed by atoms with Gasteiger partial charge < -0.3 is 26.6 Å². The number of carbonyl (C=O) groups is 1. The van der Waals surface area contributed by atoms with Gasteiger partial charge in [0.15, 0.2) is 5.84 Å². The Morgan fingerprint density at radius 1 is 1.19 bits per heavy atom. The summed E-state index contributed by atoms with van der Waals surface area (Å²) >= 11 is 1.39. The Labute approximate surface area is 250 Å². The number of aromatic nitrogens is 1. The number of amides is 1. The van der Waals surface area contributed by atoms with Crippen molar-refractivity contribution in [2.45, 2.75) is 63.1 Å². The Morgan fingerprint density at radius 2 is 1.95 bits per heavy atom. The Balaban J connectivity index is 1.28. The highest BCUT2D eigenvalue weighted by Gasteiger charge is 2.43. The highest BCUT2D eigenvalue weighted by atomic mass is 32.1. The number of piperazine rings is 1. The zero-order chi connectivity index (χ0) is 29.4. The molecular formula is C30H40FN9OS. The number of fused-ring (bicyclic) bond motifs is 1. The van der Waals surface area contributed by atoms with Crippen LogP contribution in [0.4, 0.5) is 20.9 Å². The standard InChI is InChI=1S/C30H40FN9OS/c1-30(7-2-3-24-26(30)22(17-32)28(34)42-24)29(41)37-27(33)23-15-21(38-13-8-35-9-14-38)16-25(36-23)39-11-5-20(6-12-39)40-10-4-19(31)18-40/h15-16,19-20,35H,2-14,18,34H2,1H3,(H2,33,37,41). The first kappa shape index (κ1) is 28.8. The molecule has 6 rings (SSSR count). The first-order chi connectivity index (χ1) is 20.3. The van der Waals surface area contributed by atoms with Crippen molar-refractivity contribution in [3.63, 3.8) is 0 Å². The number of nitrogens with zero attached hydrogens (tertiary/aromatic N) is 6. The highest BCUT2D eigenvalue weighted by molar-refractivity contribution is 7.16. The van der Waals surface area contributed by atoms with Crippen molar-refractivity contribution in [1.82, 2.24) is 15.2 Å². The number of amidine groups is 1. The lowest BCUT2D eigenvalue weighted by atomic mass is 9.72. The molecular weight excluding hydrogens is 553 g/mol. The van der Waals surface area contributed by atoms with E-state index in [9.17, 15) is 14.4 Å². The number of nitrogens with two attached hydrogens (primary N) is 2. The first-order valence-corrected chi connectivity index (χ1v) is 15.9. The van der Waals surface area contributed by atoms with Gasteiger partial charge in [0.2, 0.25) is 0 Å². The van der Waals surface area contributed by atoms with Crippen LogP contribution in [0.5, 0.6) is 0 Å². The molecule has 5 N–H and O–H groups in total. The van der Waals surface area contributed by atoms with Gasteiger partial charge in [0.25, 0.3) is 5.91 Å². The first-order valence-electron chi connectivity index (χ1n) is 15.1. The summed E-state index contributed by atoms with van der Waals surface area (Å²) in [6, 6.07) is 6.65. The lowest BCUT2D eigenvalue weighted by molar-refractivity contribution is -0.123. The minimum Gasteiger partial charge on any atom is -0.389 e. The summed E-state index contributed by atoms with van der Waals surface area (Å²) in [5.41, 5.74) is 14.3. The van der Waals surface area contributed by atoms with E-state index in [1.165, 1.54) is 11.3 Å². The molecule has 0 bridgehead atoms. The van der Waals surface area contributed by atoms with Crippen molar-refractivity contribution < 1.29 is 9.18 Å². The molecule has 2 aromatic rings. The van der Waals surface area contributed by atoms with Gasteiger partial charge in [0.1, 0.15) is 28.8 Å². The molecule has 0 radical (unpaired) electrons. The molecule has 0 saturated carbocycles. The molecule has 3 fully saturated rings. The SMILES string of the molecule is CC1(C(=O)N=C(N)c2cc(N3CCNCC3)cc(N3CCC(N4CCC(F)C4)CC3)n2)CCCc2sc(N)c(C#N)c21. The van der Waals surface area contributed by atoms with Gasteiger partial charge in [0.05, 0.1) is 11.0 Å².